The molecule has 10 amide bonds. The summed E-state index contributed by atoms with van der Waals surface area (Å²) in [6, 6.07) is -2.83. The number of guanidine groups is 1. The lowest BCUT2D eigenvalue weighted by Gasteiger charge is -2.36. The number of aliphatic hydroxyl groups excluding tert-OH is 1. The van der Waals surface area contributed by atoms with Gasteiger partial charge in [-0.2, -0.15) is 0 Å². The number of carbonyl (C=O) groups excluding carboxylic acids is 10. The van der Waals surface area contributed by atoms with Crippen LogP contribution in [-0.2, 0) is 59.2 Å². The fraction of sp³-hybridized carbons (Fsp3) is 0.705. The monoisotopic (exact) mass is 1230 g/mol. The fourth-order valence-electron chi connectivity index (χ4n) is 10.3. The molecule has 26 heteroatoms. The Balaban J connectivity index is 2.49. The number of aliphatic imine (C=N–C) groups is 1. The number of aliphatic hydroxyl groups is 1. The number of carbonyl (C=O) groups is 11. The summed E-state index contributed by atoms with van der Waals surface area (Å²) in [4.78, 5) is 160. The molecule has 1 aliphatic heterocycles. The van der Waals surface area contributed by atoms with Crippen molar-refractivity contribution in [2.24, 2.45) is 45.9 Å². The van der Waals surface area contributed by atoms with Gasteiger partial charge < -0.3 is 74.0 Å². The van der Waals surface area contributed by atoms with E-state index in [4.69, 9.17) is 17.2 Å². The van der Waals surface area contributed by atoms with Crippen molar-refractivity contribution in [1.82, 2.24) is 46.6 Å². The molecule has 14 N–H and O–H groups in total. The Morgan fingerprint density at radius 2 is 1.20 bits per heavy atom. The first kappa shape index (κ1) is 75.7. The molecule has 0 radical (unpaired) electrons. The standard InChI is InChI=1S/C61H103N13O13/c1-13-15-16-17-21-26-49(76)66-39(10)53(80)67-43(31-40-23-19-18-20-24-40)55(82)68-42(28-35(3)4)54(81)69-44(29-36(5)6)59(86)74-34-41(75)32-48(74)60(87)73(12)47(30-37(7)8)57(84)70-45(33-50(77)78)58(85)72(11)46(25-22-27-65-61(63)64)56(83)71-51(52(62)79)38(9)14-2/h18-20,23-24,35-39,41-48,51,75H,13-17,21-22,25-34H2,1-12H3,(H2,62,79)(H,66,76)(H,67,80)(H,68,82)(H,69,81)(H,70,84)(H,71,83)(H,77,78)(H4,63,64,65)/t38-,39+,41+,42+,43-,44-,45-,46-,47-,48-,51-/m0/s1. The average molecular weight is 1230 g/mol. The zero-order chi connectivity index (χ0) is 65.8. The Kier molecular flexibility index (Phi) is 33.1. The Labute approximate surface area is 513 Å². The molecule has 0 aliphatic carbocycles. The first-order valence-electron chi connectivity index (χ1n) is 30.8. The number of primary amides is 1. The van der Waals surface area contributed by atoms with E-state index in [9.17, 15) is 63.0 Å². The number of likely N-dealkylation sites (tertiary alicyclic amines) is 1. The molecule has 0 unspecified atom stereocenters. The zero-order valence-corrected chi connectivity index (χ0v) is 53.4. The van der Waals surface area contributed by atoms with Gasteiger partial charge in [0.25, 0.3) is 0 Å². The third-order valence-electron chi connectivity index (χ3n) is 15.4. The Morgan fingerprint density at radius 1 is 0.644 bits per heavy atom. The van der Waals surface area contributed by atoms with E-state index in [1.54, 1.807) is 58.0 Å². The Bertz CT molecular complexity index is 2480. The highest BCUT2D eigenvalue weighted by molar-refractivity contribution is 5.99. The number of nitrogens with two attached hydrogens (primary N) is 3. The number of hydrogen-bond donors (Lipinski definition) is 11. The summed E-state index contributed by atoms with van der Waals surface area (Å²) in [7, 11) is 2.54. The number of hydrogen-bond acceptors (Lipinski definition) is 13. The van der Waals surface area contributed by atoms with Gasteiger partial charge in [-0.3, -0.25) is 57.7 Å². The highest BCUT2D eigenvalue weighted by atomic mass is 16.4. The molecular formula is C61H103N13O13. The maximum atomic E-state index is 14.9. The summed E-state index contributed by atoms with van der Waals surface area (Å²) in [5.41, 5.74) is 17.3. The molecular weight excluding hydrogens is 1120 g/mol. The number of aliphatic carboxylic acids is 1. The molecule has 26 nitrogen and oxygen atoms in total. The number of benzene rings is 1. The van der Waals surface area contributed by atoms with E-state index in [0.29, 0.717) is 18.4 Å². The average Bonchev–Trinajstić information content (AvgIpc) is 2.45. The van der Waals surface area contributed by atoms with E-state index in [2.05, 4.69) is 43.8 Å². The highest BCUT2D eigenvalue weighted by Crippen LogP contribution is 2.25. The van der Waals surface area contributed by atoms with Crippen LogP contribution in [0.1, 0.15) is 165 Å². The van der Waals surface area contributed by atoms with Crippen LogP contribution in [0.2, 0.25) is 0 Å². The van der Waals surface area contributed by atoms with Gasteiger partial charge in [0.1, 0.15) is 54.4 Å². The van der Waals surface area contributed by atoms with Crippen LogP contribution in [0.25, 0.3) is 0 Å². The summed E-state index contributed by atoms with van der Waals surface area (Å²) >= 11 is 0. The number of nitrogens with one attached hydrogen (secondary N) is 6. The fourth-order valence-corrected chi connectivity index (χ4v) is 10.3. The SMILES string of the molecule is CCCCCCCC(=O)N[C@H](C)C(=O)N[C@@H](Cc1ccccc1)C(=O)N[C@H](CC(C)C)C(=O)N[C@@H](CC(C)C)C(=O)N1C[C@H](O)C[C@H]1C(=O)N(C)[C@@H](CC(C)C)C(=O)N[C@@H](CC(=O)O)C(=O)N(C)[C@@H](CCCN=C(N)N)C(=O)N[C@H](C(N)=O)[C@@H](C)CC. The molecule has 1 heterocycles. The minimum absolute atomic E-state index is 0.0270. The molecule has 0 bridgehead atoms. The molecule has 1 aliphatic rings. The number of likely N-dealkylation sites (N-methyl/N-ethyl adjacent to an activating group) is 2. The summed E-state index contributed by atoms with van der Waals surface area (Å²) in [5.74, 6) is -10.2. The molecule has 490 valence electrons. The van der Waals surface area contributed by atoms with Crippen LogP contribution in [0.5, 0.6) is 0 Å². The number of rotatable bonds is 39. The third-order valence-corrected chi connectivity index (χ3v) is 15.4. The van der Waals surface area contributed by atoms with Crippen LogP contribution in [0.4, 0.5) is 0 Å². The van der Waals surface area contributed by atoms with Crippen molar-refractivity contribution in [1.29, 1.82) is 0 Å². The van der Waals surface area contributed by atoms with Gasteiger partial charge in [-0.1, -0.05) is 125 Å². The molecule has 87 heavy (non-hydrogen) atoms. The molecule has 0 saturated carbocycles. The van der Waals surface area contributed by atoms with Crippen molar-refractivity contribution in [3.05, 3.63) is 35.9 Å². The van der Waals surface area contributed by atoms with Crippen molar-refractivity contribution < 1.29 is 63.0 Å². The number of carboxylic acid groups (broad SMARTS) is 1. The summed E-state index contributed by atoms with van der Waals surface area (Å²) in [6.45, 7) is 17.6. The van der Waals surface area contributed by atoms with E-state index in [1.807, 2.05) is 27.7 Å². The number of nitrogens with zero attached hydrogens (tertiary/aromatic N) is 4. The second-order valence-electron chi connectivity index (χ2n) is 24.4. The normalized spacial score (nSPS) is 17.0. The lowest BCUT2D eigenvalue weighted by Crippen LogP contribution is -2.61. The highest BCUT2D eigenvalue weighted by Gasteiger charge is 2.46. The topological polar surface area (TPSA) is 401 Å². The maximum absolute atomic E-state index is 14.9. The van der Waals surface area contributed by atoms with Crippen molar-refractivity contribution in [3.8, 4) is 0 Å². The number of amides is 10. The van der Waals surface area contributed by atoms with Crippen LogP contribution in [0.3, 0.4) is 0 Å². The number of β-amino-alcohol motifs (C(OH)–C–C–N with tert-alkyl or cyclic N) is 1. The lowest BCUT2D eigenvalue weighted by atomic mass is 9.97. The van der Waals surface area contributed by atoms with E-state index in [-0.39, 0.29) is 94.1 Å². The molecule has 1 fully saturated rings. The van der Waals surface area contributed by atoms with Crippen LogP contribution in [0.15, 0.2) is 35.3 Å². The van der Waals surface area contributed by atoms with E-state index < -0.39 is 132 Å². The van der Waals surface area contributed by atoms with Crippen LogP contribution < -0.4 is 49.1 Å². The first-order valence-corrected chi connectivity index (χ1v) is 30.8. The van der Waals surface area contributed by atoms with Gasteiger partial charge in [-0.25, -0.2) is 0 Å². The predicted octanol–water partition coefficient (Wildman–Crippen LogP) is 1.33. The van der Waals surface area contributed by atoms with E-state index in [0.717, 1.165) is 40.4 Å². The Hall–Kier alpha value is -7.38. The smallest absolute Gasteiger partial charge is 0.305 e. The van der Waals surface area contributed by atoms with Crippen LogP contribution in [0, 0.1) is 23.7 Å². The van der Waals surface area contributed by atoms with Gasteiger partial charge >= 0.3 is 5.97 Å². The number of carboxylic acids is 1. The quantitative estimate of drug-likeness (QED) is 0.0252. The first-order chi connectivity index (χ1) is 40.8. The third kappa shape index (κ3) is 26.2. The van der Waals surface area contributed by atoms with Gasteiger partial charge in [0.2, 0.25) is 59.1 Å². The molecule has 1 aromatic rings. The summed E-state index contributed by atoms with van der Waals surface area (Å²) < 4.78 is 0. The van der Waals surface area contributed by atoms with Crippen molar-refractivity contribution >= 4 is 71.0 Å². The number of unbranched alkanes of at least 4 members (excludes halogenated alkanes) is 4. The van der Waals surface area contributed by atoms with Gasteiger partial charge in [-0.15, -0.1) is 0 Å². The molecule has 1 saturated heterocycles. The van der Waals surface area contributed by atoms with E-state index >= 15 is 0 Å². The van der Waals surface area contributed by atoms with Crippen LogP contribution in [-0.4, -0.2) is 184 Å². The second-order valence-corrected chi connectivity index (χ2v) is 24.4. The molecule has 11 atom stereocenters. The van der Waals surface area contributed by atoms with Gasteiger partial charge in [0, 0.05) is 46.4 Å². The minimum Gasteiger partial charge on any atom is -0.481 e. The molecule has 0 aromatic heterocycles. The van der Waals surface area contributed by atoms with Crippen molar-refractivity contribution in [3.63, 3.8) is 0 Å². The lowest BCUT2D eigenvalue weighted by molar-refractivity contribution is -0.150. The summed E-state index contributed by atoms with van der Waals surface area (Å²) in [5, 5.41) is 37.4. The maximum Gasteiger partial charge on any atom is 0.305 e. The van der Waals surface area contributed by atoms with Gasteiger partial charge in [-0.05, 0) is 74.7 Å². The van der Waals surface area contributed by atoms with Crippen molar-refractivity contribution in [2.75, 3.05) is 27.2 Å². The second kappa shape index (κ2) is 38.0. The molecule has 2 rings (SSSR count). The van der Waals surface area contributed by atoms with Crippen molar-refractivity contribution in [2.45, 2.75) is 226 Å². The van der Waals surface area contributed by atoms with Crippen LogP contribution >= 0.6 is 0 Å². The minimum atomic E-state index is -1.80. The van der Waals surface area contributed by atoms with Gasteiger partial charge in [0.05, 0.1) is 12.5 Å². The summed E-state index contributed by atoms with van der Waals surface area (Å²) in [6.07, 6.45) is 3.18. The molecule has 1 aromatic carbocycles. The van der Waals surface area contributed by atoms with Gasteiger partial charge in [0.15, 0.2) is 5.96 Å². The predicted molar refractivity (Wildman–Crippen MR) is 329 cm³/mol. The zero-order valence-electron chi connectivity index (χ0n) is 53.4. The largest absolute Gasteiger partial charge is 0.481 e. The molecule has 0 spiro atoms. The van der Waals surface area contributed by atoms with E-state index in [1.165, 1.54) is 21.0 Å². The Morgan fingerprint density at radius 3 is 1.76 bits per heavy atom.